The number of aliphatic hydroxyl groups is 1. The topological polar surface area (TPSA) is 88.1 Å². The number of amides is 2. The SMILES string of the molecule is C=CCOC(=O)Nc1cc(OCCCCCC(C)(C)C)c(C)cc1C(=O)N1CCC[C@H]1CO. The van der Waals surface area contributed by atoms with Gasteiger partial charge in [0.25, 0.3) is 5.91 Å². The second-order valence-corrected chi connectivity index (χ2v) is 9.87. The van der Waals surface area contributed by atoms with Gasteiger partial charge in [-0.2, -0.15) is 0 Å². The quantitative estimate of drug-likeness (QED) is 0.345. The van der Waals surface area contributed by atoms with E-state index < -0.39 is 6.09 Å². The van der Waals surface area contributed by atoms with Gasteiger partial charge >= 0.3 is 6.09 Å². The van der Waals surface area contributed by atoms with Gasteiger partial charge in [0.15, 0.2) is 0 Å². The first-order chi connectivity index (χ1) is 15.7. The van der Waals surface area contributed by atoms with Crippen molar-refractivity contribution in [3.8, 4) is 5.75 Å². The van der Waals surface area contributed by atoms with Crippen LogP contribution in [-0.2, 0) is 4.74 Å². The molecule has 0 saturated carbocycles. The zero-order valence-corrected chi connectivity index (χ0v) is 20.6. The van der Waals surface area contributed by atoms with Gasteiger partial charge in [0.05, 0.1) is 30.5 Å². The number of likely N-dealkylation sites (tertiary alicyclic amines) is 1. The Kier molecular flexibility index (Phi) is 10.2. The molecule has 0 bridgehead atoms. The van der Waals surface area contributed by atoms with E-state index in [4.69, 9.17) is 9.47 Å². The van der Waals surface area contributed by atoms with Crippen LogP contribution in [0.4, 0.5) is 10.5 Å². The molecule has 1 saturated heterocycles. The van der Waals surface area contributed by atoms with Gasteiger partial charge in [0, 0.05) is 12.6 Å². The van der Waals surface area contributed by atoms with Crippen molar-refractivity contribution in [1.29, 1.82) is 0 Å². The number of carbonyl (C=O) groups is 2. The number of carbonyl (C=O) groups excluding carboxylic acids is 2. The Morgan fingerprint density at radius 3 is 2.70 bits per heavy atom. The second-order valence-electron chi connectivity index (χ2n) is 9.87. The van der Waals surface area contributed by atoms with Crippen molar-refractivity contribution in [3.63, 3.8) is 0 Å². The minimum Gasteiger partial charge on any atom is -0.493 e. The van der Waals surface area contributed by atoms with E-state index in [9.17, 15) is 14.7 Å². The average molecular weight is 461 g/mol. The number of hydrogen-bond donors (Lipinski definition) is 2. The second kappa shape index (κ2) is 12.6. The Bertz CT molecular complexity index is 816. The van der Waals surface area contributed by atoms with Gasteiger partial charge < -0.3 is 19.5 Å². The highest BCUT2D eigenvalue weighted by Gasteiger charge is 2.31. The summed E-state index contributed by atoms with van der Waals surface area (Å²) in [5, 5.41) is 12.3. The first-order valence-corrected chi connectivity index (χ1v) is 11.9. The summed E-state index contributed by atoms with van der Waals surface area (Å²) in [6, 6.07) is 3.23. The Morgan fingerprint density at radius 1 is 1.27 bits per heavy atom. The van der Waals surface area contributed by atoms with E-state index in [1.54, 1.807) is 17.0 Å². The minimum atomic E-state index is -0.666. The van der Waals surface area contributed by atoms with Crippen molar-refractivity contribution in [3.05, 3.63) is 35.9 Å². The summed E-state index contributed by atoms with van der Waals surface area (Å²) in [5.74, 6) is 0.406. The maximum Gasteiger partial charge on any atom is 0.411 e. The van der Waals surface area contributed by atoms with Crippen molar-refractivity contribution in [2.24, 2.45) is 5.41 Å². The third kappa shape index (κ3) is 8.39. The summed E-state index contributed by atoms with van der Waals surface area (Å²) in [7, 11) is 0. The molecule has 0 radical (unpaired) electrons. The van der Waals surface area contributed by atoms with E-state index in [0.29, 0.717) is 35.6 Å². The van der Waals surface area contributed by atoms with Crippen molar-refractivity contribution >= 4 is 17.7 Å². The molecule has 7 heteroatoms. The van der Waals surface area contributed by atoms with Crippen molar-refractivity contribution in [1.82, 2.24) is 4.90 Å². The van der Waals surface area contributed by atoms with E-state index in [1.807, 2.05) is 6.92 Å². The van der Waals surface area contributed by atoms with Crippen LogP contribution >= 0.6 is 0 Å². The molecule has 1 aliphatic rings. The molecule has 7 nitrogen and oxygen atoms in total. The van der Waals surface area contributed by atoms with Gasteiger partial charge in [-0.15, -0.1) is 0 Å². The summed E-state index contributed by atoms with van der Waals surface area (Å²) >= 11 is 0. The van der Waals surface area contributed by atoms with E-state index >= 15 is 0 Å². The van der Waals surface area contributed by atoms with Crippen LogP contribution in [-0.4, -0.2) is 54.4 Å². The van der Waals surface area contributed by atoms with Crippen LogP contribution in [0, 0.1) is 12.3 Å². The van der Waals surface area contributed by atoms with Crippen molar-refractivity contribution in [2.45, 2.75) is 72.3 Å². The number of ether oxygens (including phenoxy) is 2. The number of aliphatic hydroxyl groups excluding tert-OH is 1. The molecule has 1 heterocycles. The number of anilines is 1. The molecular formula is C26H40N2O5. The van der Waals surface area contributed by atoms with Crippen molar-refractivity contribution in [2.75, 3.05) is 31.7 Å². The minimum absolute atomic E-state index is 0.0671. The predicted octanol–water partition coefficient (Wildman–Crippen LogP) is 5.31. The number of nitrogens with one attached hydrogen (secondary N) is 1. The van der Waals surface area contributed by atoms with Crippen LogP contribution < -0.4 is 10.1 Å². The fourth-order valence-electron chi connectivity index (χ4n) is 3.97. The van der Waals surface area contributed by atoms with Crippen molar-refractivity contribution < 1.29 is 24.2 Å². The van der Waals surface area contributed by atoms with E-state index in [0.717, 1.165) is 37.7 Å². The molecule has 2 rings (SSSR count). The molecule has 0 unspecified atom stereocenters. The molecule has 1 aromatic carbocycles. The first-order valence-electron chi connectivity index (χ1n) is 11.9. The monoisotopic (exact) mass is 460 g/mol. The van der Waals surface area contributed by atoms with Crippen LogP contribution in [0.1, 0.15) is 75.2 Å². The smallest absolute Gasteiger partial charge is 0.411 e. The fourth-order valence-corrected chi connectivity index (χ4v) is 3.97. The highest BCUT2D eigenvalue weighted by atomic mass is 16.5. The largest absolute Gasteiger partial charge is 0.493 e. The van der Waals surface area contributed by atoms with E-state index in [-0.39, 0.29) is 25.2 Å². The van der Waals surface area contributed by atoms with Gasteiger partial charge in [0.1, 0.15) is 12.4 Å². The number of nitrogens with zero attached hydrogens (tertiary/aromatic N) is 1. The molecule has 1 aliphatic heterocycles. The van der Waals surface area contributed by atoms with Crippen LogP contribution in [0.2, 0.25) is 0 Å². The lowest BCUT2D eigenvalue weighted by molar-refractivity contribution is 0.0678. The van der Waals surface area contributed by atoms with Crippen LogP contribution in [0.15, 0.2) is 24.8 Å². The summed E-state index contributed by atoms with van der Waals surface area (Å²) in [6.07, 6.45) is 6.78. The molecule has 1 aromatic rings. The summed E-state index contributed by atoms with van der Waals surface area (Å²) in [5.41, 5.74) is 1.86. The molecule has 1 fully saturated rings. The van der Waals surface area contributed by atoms with Crippen LogP contribution in [0.3, 0.4) is 0 Å². The molecule has 1 atom stereocenters. The molecule has 2 amide bonds. The lowest BCUT2D eigenvalue weighted by atomic mass is 9.89. The average Bonchev–Trinajstić information content (AvgIpc) is 3.24. The van der Waals surface area contributed by atoms with Gasteiger partial charge in [-0.05, 0) is 49.7 Å². The number of benzene rings is 1. The number of unbranched alkanes of at least 4 members (excludes halogenated alkanes) is 2. The zero-order valence-electron chi connectivity index (χ0n) is 20.6. The number of hydrogen-bond acceptors (Lipinski definition) is 5. The van der Waals surface area contributed by atoms with E-state index in [2.05, 4.69) is 32.7 Å². The summed E-state index contributed by atoms with van der Waals surface area (Å²) in [4.78, 5) is 27.2. The highest BCUT2D eigenvalue weighted by molar-refractivity contribution is 6.03. The standard InChI is InChI=1S/C26H40N2O5/c1-6-14-33-25(31)27-22-17-23(32-15-9-7-8-12-26(3,4)5)19(2)16-21(22)24(30)28-13-10-11-20(28)18-29/h6,16-17,20,29H,1,7-15,18H2,2-5H3,(H,27,31)/t20-/m0/s1. The number of rotatable bonds is 11. The summed E-state index contributed by atoms with van der Waals surface area (Å²) in [6.45, 7) is 13.3. The maximum atomic E-state index is 13.3. The van der Waals surface area contributed by atoms with Gasteiger partial charge in [0.2, 0.25) is 0 Å². The highest BCUT2D eigenvalue weighted by Crippen LogP contribution is 2.31. The maximum absolute atomic E-state index is 13.3. The Hall–Kier alpha value is -2.54. The van der Waals surface area contributed by atoms with E-state index in [1.165, 1.54) is 12.5 Å². The third-order valence-corrected chi connectivity index (χ3v) is 5.79. The lowest BCUT2D eigenvalue weighted by Gasteiger charge is -2.25. The fraction of sp³-hybridized carbons (Fsp3) is 0.615. The normalized spacial score (nSPS) is 15.9. The predicted molar refractivity (Wildman–Crippen MR) is 131 cm³/mol. The van der Waals surface area contributed by atoms with Gasteiger partial charge in [-0.25, -0.2) is 4.79 Å². The van der Waals surface area contributed by atoms with Crippen LogP contribution in [0.5, 0.6) is 5.75 Å². The third-order valence-electron chi connectivity index (χ3n) is 5.79. The molecule has 2 N–H and O–H groups in total. The van der Waals surface area contributed by atoms with Crippen LogP contribution in [0.25, 0.3) is 0 Å². The molecule has 0 aliphatic carbocycles. The Morgan fingerprint density at radius 2 is 2.03 bits per heavy atom. The molecule has 0 aromatic heterocycles. The molecule has 184 valence electrons. The summed E-state index contributed by atoms with van der Waals surface area (Å²) < 4.78 is 11.0. The Labute approximate surface area is 198 Å². The van der Waals surface area contributed by atoms with Gasteiger partial charge in [-0.3, -0.25) is 10.1 Å². The van der Waals surface area contributed by atoms with Gasteiger partial charge in [-0.1, -0.05) is 46.3 Å². The number of aryl methyl sites for hydroxylation is 1. The lowest BCUT2D eigenvalue weighted by Crippen LogP contribution is -2.38. The molecular weight excluding hydrogens is 420 g/mol. The Balaban J connectivity index is 2.14. The first kappa shape index (κ1) is 26.7. The molecule has 33 heavy (non-hydrogen) atoms. The zero-order chi connectivity index (χ0) is 24.4. The molecule has 0 spiro atoms.